The Morgan fingerprint density at radius 2 is 2.42 bits per heavy atom. The van der Waals surface area contributed by atoms with Crippen molar-refractivity contribution >= 4 is 13.6 Å². The molecule has 0 fully saturated rings. The van der Waals surface area contributed by atoms with Crippen molar-refractivity contribution in [3.8, 4) is 5.75 Å². The molecule has 60 valence electrons. The third-order valence-electron chi connectivity index (χ3n) is 1.05. The molecule has 0 unspecified atom stereocenters. The summed E-state index contributed by atoms with van der Waals surface area (Å²) < 4.78 is 5.21. The maximum absolute atomic E-state index is 5.21. The van der Waals surface area contributed by atoms with Crippen LogP contribution in [0.2, 0.25) is 0 Å². The minimum absolute atomic E-state index is 0.553. The summed E-state index contributed by atoms with van der Waals surface area (Å²) in [5, 5.41) is 0. The summed E-state index contributed by atoms with van der Waals surface area (Å²) >= 11 is 4.25. The van der Waals surface area contributed by atoms with Gasteiger partial charge in [-0.25, -0.2) is 0 Å². The quantitative estimate of drug-likeness (QED) is 0.469. The van der Waals surface area contributed by atoms with Gasteiger partial charge in [0.05, 0.1) is 6.61 Å². The molecule has 0 spiro atoms. The van der Waals surface area contributed by atoms with Gasteiger partial charge in [-0.1, -0.05) is 12.7 Å². The Hall–Kier alpha value is -0.137. The number of rotatable bonds is 3. The Morgan fingerprint density at radius 1 is 1.67 bits per heavy atom. The molecule has 1 aromatic rings. The minimum atomic E-state index is 0.553. The van der Waals surface area contributed by atoms with Gasteiger partial charge in [-0.2, -0.15) is 18.2 Å². The molecule has 0 aliphatic heterocycles. The summed E-state index contributed by atoms with van der Waals surface area (Å²) in [5.41, 5.74) is 0. The average molecular weight is 278 g/mol. The van der Waals surface area contributed by atoms with Gasteiger partial charge >= 0.3 is 30.0 Å². The molecule has 0 aliphatic carbocycles. The van der Waals surface area contributed by atoms with Gasteiger partial charge in [0.1, 0.15) is 0 Å². The molecule has 0 saturated heterocycles. The second-order valence-electron chi connectivity index (χ2n) is 1.84. The zero-order valence-corrected chi connectivity index (χ0v) is 11.3. The number of ether oxygens (including phenoxy) is 1. The van der Waals surface area contributed by atoms with Crippen LogP contribution in [-0.2, 0) is 16.3 Å². The van der Waals surface area contributed by atoms with Crippen molar-refractivity contribution in [2.24, 2.45) is 0 Å². The molecule has 1 nitrogen and oxygen atoms in total. The second-order valence-corrected chi connectivity index (χ2v) is 1.84. The summed E-state index contributed by atoms with van der Waals surface area (Å²) in [6.07, 6.45) is 1.72. The Balaban J connectivity index is 0.000000561. The van der Waals surface area contributed by atoms with Crippen LogP contribution >= 0.6 is 13.6 Å². The molecule has 0 atom stereocenters. The SMILES string of the molecule is C=CCOc1c[c-]ccc1.[Zn+][Br]. The van der Waals surface area contributed by atoms with Gasteiger partial charge < -0.3 is 4.74 Å². The number of benzene rings is 1. The molecule has 1 rings (SSSR count). The Labute approximate surface area is 89.9 Å². The molecule has 0 amide bonds. The maximum atomic E-state index is 5.21. The summed E-state index contributed by atoms with van der Waals surface area (Å²) in [6.45, 7) is 4.09. The van der Waals surface area contributed by atoms with E-state index in [-0.39, 0.29) is 0 Å². The summed E-state index contributed by atoms with van der Waals surface area (Å²) in [7, 11) is 0. The van der Waals surface area contributed by atoms with Crippen molar-refractivity contribution in [1.29, 1.82) is 0 Å². The molecule has 0 N–H and O–H groups in total. The van der Waals surface area contributed by atoms with E-state index in [1.807, 2.05) is 18.2 Å². The van der Waals surface area contributed by atoms with Crippen molar-refractivity contribution < 1.29 is 21.1 Å². The van der Waals surface area contributed by atoms with E-state index in [1.165, 1.54) is 16.3 Å². The van der Waals surface area contributed by atoms with Gasteiger partial charge in [-0.3, -0.25) is 0 Å². The van der Waals surface area contributed by atoms with Crippen LogP contribution < -0.4 is 4.74 Å². The van der Waals surface area contributed by atoms with Gasteiger partial charge in [0.25, 0.3) is 0 Å². The molecule has 0 heterocycles. The summed E-state index contributed by atoms with van der Waals surface area (Å²) in [5.74, 6) is 0.836. The molecular weight excluding hydrogens is 269 g/mol. The van der Waals surface area contributed by atoms with Gasteiger partial charge in [0.15, 0.2) is 0 Å². The number of hydrogen-bond donors (Lipinski definition) is 0. The Kier molecular flexibility index (Phi) is 8.85. The molecule has 0 bridgehead atoms. The van der Waals surface area contributed by atoms with Crippen molar-refractivity contribution in [2.75, 3.05) is 6.61 Å². The predicted molar refractivity (Wildman–Crippen MR) is 49.9 cm³/mol. The Morgan fingerprint density at radius 3 is 2.92 bits per heavy atom. The van der Waals surface area contributed by atoms with Gasteiger partial charge in [-0.05, 0) is 0 Å². The average Bonchev–Trinajstić information content (AvgIpc) is 2.19. The summed E-state index contributed by atoms with van der Waals surface area (Å²) in [4.78, 5) is 0. The van der Waals surface area contributed by atoms with Crippen molar-refractivity contribution in [1.82, 2.24) is 0 Å². The van der Waals surface area contributed by atoms with Crippen LogP contribution in [0.3, 0.4) is 0 Å². The molecule has 3 heteroatoms. The van der Waals surface area contributed by atoms with E-state index in [4.69, 9.17) is 4.74 Å². The number of hydrogen-bond acceptors (Lipinski definition) is 1. The van der Waals surface area contributed by atoms with E-state index >= 15 is 0 Å². The monoisotopic (exact) mass is 276 g/mol. The first-order valence-electron chi connectivity index (χ1n) is 3.40. The number of halogens is 1. The molecule has 12 heavy (non-hydrogen) atoms. The van der Waals surface area contributed by atoms with Crippen LogP contribution in [-0.4, -0.2) is 6.61 Å². The first-order chi connectivity index (χ1) is 5.93. The predicted octanol–water partition coefficient (Wildman–Crippen LogP) is 2.89. The second kappa shape index (κ2) is 8.96. The van der Waals surface area contributed by atoms with E-state index in [2.05, 4.69) is 26.3 Å². The van der Waals surface area contributed by atoms with E-state index in [0.717, 1.165) is 5.75 Å². The van der Waals surface area contributed by atoms with Crippen molar-refractivity contribution in [2.45, 2.75) is 0 Å². The van der Waals surface area contributed by atoms with Gasteiger partial charge in [0.2, 0.25) is 0 Å². The summed E-state index contributed by atoms with van der Waals surface area (Å²) in [6, 6.07) is 10.3. The van der Waals surface area contributed by atoms with E-state index in [1.54, 1.807) is 12.1 Å². The van der Waals surface area contributed by atoms with Crippen molar-refractivity contribution in [3.05, 3.63) is 43.0 Å². The fourth-order valence-corrected chi connectivity index (χ4v) is 0.622. The van der Waals surface area contributed by atoms with Crippen LogP contribution in [0.5, 0.6) is 5.75 Å². The molecule has 0 saturated carbocycles. The van der Waals surface area contributed by atoms with E-state index in [9.17, 15) is 0 Å². The molecule has 0 aromatic heterocycles. The topological polar surface area (TPSA) is 9.23 Å². The molecule has 0 aliphatic rings. The molecule has 1 aromatic carbocycles. The Bertz CT molecular complexity index is 201. The van der Waals surface area contributed by atoms with Crippen LogP contribution in [0.4, 0.5) is 0 Å². The van der Waals surface area contributed by atoms with Crippen LogP contribution in [0.15, 0.2) is 36.9 Å². The normalized spacial score (nSPS) is 7.92. The third kappa shape index (κ3) is 5.51. The fourth-order valence-electron chi connectivity index (χ4n) is 0.622. The first-order valence-corrected chi connectivity index (χ1v) is 10.3. The third-order valence-corrected chi connectivity index (χ3v) is 1.05. The molecule has 0 radical (unpaired) electrons. The standard InChI is InChI=1S/C9H9O.BrH.Zn/c1-2-8-10-9-6-4-3-5-7-9;;/h2-4,6-7H,1,8H2;1H;/q-1;;+2/p-1. The van der Waals surface area contributed by atoms with Crippen molar-refractivity contribution in [3.63, 3.8) is 0 Å². The van der Waals surface area contributed by atoms with Gasteiger partial charge in [-0.15, -0.1) is 12.1 Å². The fraction of sp³-hybridized carbons (Fsp3) is 0.111. The zero-order chi connectivity index (χ0) is 9.23. The molecular formula is C9H9BrOZn. The van der Waals surface area contributed by atoms with Crippen LogP contribution in [0, 0.1) is 6.07 Å². The van der Waals surface area contributed by atoms with Crippen LogP contribution in [0.1, 0.15) is 0 Å². The van der Waals surface area contributed by atoms with E-state index < -0.39 is 0 Å². The van der Waals surface area contributed by atoms with Crippen LogP contribution in [0.25, 0.3) is 0 Å². The first kappa shape index (κ1) is 11.9. The van der Waals surface area contributed by atoms with E-state index in [0.29, 0.717) is 6.61 Å². The van der Waals surface area contributed by atoms with Gasteiger partial charge in [0, 0.05) is 5.75 Å². The zero-order valence-electron chi connectivity index (χ0n) is 6.79.